The van der Waals surface area contributed by atoms with Gasteiger partial charge in [-0.2, -0.15) is 9.40 Å². The minimum atomic E-state index is -3.75. The maximum atomic E-state index is 13.1. The number of piperazine rings is 1. The largest absolute Gasteiger partial charge is 0.493 e. The highest BCUT2D eigenvalue weighted by Gasteiger charge is 2.32. The Kier molecular flexibility index (Phi) is 6.59. The van der Waals surface area contributed by atoms with E-state index in [1.54, 1.807) is 35.2 Å². The van der Waals surface area contributed by atoms with Crippen LogP contribution in [0.3, 0.4) is 0 Å². The Bertz CT molecular complexity index is 1250. The topological polar surface area (TPSA) is 105 Å². The van der Waals surface area contributed by atoms with Crippen LogP contribution in [0.4, 0.5) is 0 Å². The number of ether oxygens (including phenoxy) is 2. The van der Waals surface area contributed by atoms with Gasteiger partial charge in [0.25, 0.3) is 5.91 Å². The number of methoxy groups -OCH3 is 2. The lowest BCUT2D eigenvalue weighted by Crippen LogP contribution is -2.50. The van der Waals surface area contributed by atoms with Crippen molar-refractivity contribution in [3.8, 4) is 22.8 Å². The molecule has 11 heteroatoms. The van der Waals surface area contributed by atoms with E-state index in [1.165, 1.54) is 36.9 Å². The van der Waals surface area contributed by atoms with Gasteiger partial charge >= 0.3 is 0 Å². The molecule has 1 amide bonds. The second kappa shape index (κ2) is 9.42. The Morgan fingerprint density at radius 2 is 1.67 bits per heavy atom. The molecule has 9 nitrogen and oxygen atoms in total. The zero-order valence-corrected chi connectivity index (χ0v) is 19.7. The summed E-state index contributed by atoms with van der Waals surface area (Å²) in [5, 5.41) is 7.49. The molecule has 0 radical (unpaired) electrons. The molecule has 0 atom stereocenters. The van der Waals surface area contributed by atoms with Gasteiger partial charge in [-0.15, -0.1) is 0 Å². The highest BCUT2D eigenvalue weighted by Crippen LogP contribution is 2.31. The fourth-order valence-corrected chi connectivity index (χ4v) is 5.28. The van der Waals surface area contributed by atoms with Crippen molar-refractivity contribution in [1.82, 2.24) is 19.4 Å². The van der Waals surface area contributed by atoms with Crippen molar-refractivity contribution in [1.29, 1.82) is 0 Å². The van der Waals surface area contributed by atoms with Crippen LogP contribution in [-0.4, -0.2) is 74.1 Å². The summed E-state index contributed by atoms with van der Waals surface area (Å²) in [6, 6.07) is 11.6. The molecule has 2 heterocycles. The van der Waals surface area contributed by atoms with Gasteiger partial charge in [0.05, 0.1) is 36.6 Å². The molecule has 1 aromatic heterocycles. The fourth-order valence-electron chi connectivity index (χ4n) is 3.71. The fraction of sp³-hybridized carbons (Fsp3) is 0.273. The van der Waals surface area contributed by atoms with E-state index in [2.05, 4.69) is 10.2 Å². The minimum absolute atomic E-state index is 0.111. The van der Waals surface area contributed by atoms with E-state index in [0.717, 1.165) is 5.56 Å². The zero-order chi connectivity index (χ0) is 23.6. The Labute approximate surface area is 196 Å². The molecule has 0 saturated carbocycles. The number of amides is 1. The maximum absolute atomic E-state index is 13.1. The predicted molar refractivity (Wildman–Crippen MR) is 123 cm³/mol. The third-order valence-corrected chi connectivity index (χ3v) is 7.67. The lowest BCUT2D eigenvalue weighted by atomic mass is 10.1. The van der Waals surface area contributed by atoms with Gasteiger partial charge in [0.1, 0.15) is 0 Å². The molecule has 1 aliphatic rings. The number of carbonyl (C=O) groups is 1. The van der Waals surface area contributed by atoms with Crippen molar-refractivity contribution in [3.63, 3.8) is 0 Å². The molecule has 174 valence electrons. The van der Waals surface area contributed by atoms with Crippen LogP contribution < -0.4 is 9.47 Å². The molecule has 0 spiro atoms. The summed E-state index contributed by atoms with van der Waals surface area (Å²) >= 11 is 5.96. The lowest BCUT2D eigenvalue weighted by molar-refractivity contribution is 0.0698. The summed E-state index contributed by atoms with van der Waals surface area (Å²) in [4.78, 5) is 14.9. The molecule has 33 heavy (non-hydrogen) atoms. The number of aromatic nitrogens is 2. The minimum Gasteiger partial charge on any atom is -0.493 e. The van der Waals surface area contributed by atoms with Gasteiger partial charge in [0, 0.05) is 42.8 Å². The van der Waals surface area contributed by atoms with E-state index in [-0.39, 0.29) is 37.0 Å². The van der Waals surface area contributed by atoms with Crippen LogP contribution in [0, 0.1) is 0 Å². The van der Waals surface area contributed by atoms with E-state index < -0.39 is 10.0 Å². The molecule has 0 unspecified atom stereocenters. The summed E-state index contributed by atoms with van der Waals surface area (Å²) in [5.74, 6) is 0.572. The van der Waals surface area contributed by atoms with Crippen molar-refractivity contribution in [2.24, 2.45) is 0 Å². The monoisotopic (exact) mass is 490 g/mol. The van der Waals surface area contributed by atoms with Gasteiger partial charge in [-0.1, -0.05) is 23.7 Å². The first-order chi connectivity index (χ1) is 15.8. The van der Waals surface area contributed by atoms with E-state index in [1.807, 2.05) is 0 Å². The number of nitrogens with zero attached hydrogens (tertiary/aromatic N) is 3. The Balaban J connectivity index is 1.48. The van der Waals surface area contributed by atoms with Crippen LogP contribution in [0.1, 0.15) is 10.4 Å². The number of hydrogen-bond donors (Lipinski definition) is 1. The summed E-state index contributed by atoms with van der Waals surface area (Å²) < 4.78 is 38.0. The average molecular weight is 491 g/mol. The van der Waals surface area contributed by atoms with Crippen molar-refractivity contribution in [2.75, 3.05) is 40.4 Å². The van der Waals surface area contributed by atoms with Gasteiger partial charge in [-0.25, -0.2) is 8.42 Å². The van der Waals surface area contributed by atoms with E-state index in [4.69, 9.17) is 21.1 Å². The van der Waals surface area contributed by atoms with Crippen LogP contribution in [0.25, 0.3) is 11.3 Å². The third kappa shape index (κ3) is 4.54. The third-order valence-electron chi connectivity index (χ3n) is 5.52. The van der Waals surface area contributed by atoms with Crippen molar-refractivity contribution in [3.05, 3.63) is 59.2 Å². The van der Waals surface area contributed by atoms with E-state index in [0.29, 0.717) is 27.8 Å². The van der Waals surface area contributed by atoms with Gasteiger partial charge < -0.3 is 14.4 Å². The molecule has 1 saturated heterocycles. The number of rotatable bonds is 6. The average Bonchev–Trinajstić information content (AvgIpc) is 3.33. The van der Waals surface area contributed by atoms with Crippen molar-refractivity contribution in [2.45, 2.75) is 4.90 Å². The van der Waals surface area contributed by atoms with Crippen LogP contribution >= 0.6 is 11.6 Å². The Morgan fingerprint density at radius 1 is 1.00 bits per heavy atom. The number of sulfonamides is 1. The number of nitrogens with one attached hydrogen (secondary N) is 1. The molecular formula is C22H23ClN4O5S. The smallest absolute Gasteiger partial charge is 0.257 e. The molecular weight excluding hydrogens is 468 g/mol. The highest BCUT2D eigenvalue weighted by atomic mass is 35.5. The zero-order valence-electron chi connectivity index (χ0n) is 18.1. The first-order valence-electron chi connectivity index (χ1n) is 10.2. The Hall–Kier alpha value is -3.08. The molecule has 0 aliphatic carbocycles. The summed E-state index contributed by atoms with van der Waals surface area (Å²) in [6.45, 7) is 0.875. The van der Waals surface area contributed by atoms with E-state index >= 15 is 0 Å². The van der Waals surface area contributed by atoms with Crippen LogP contribution in [-0.2, 0) is 10.0 Å². The molecule has 1 aliphatic heterocycles. The molecule has 1 N–H and O–H groups in total. The SMILES string of the molecule is COc1ccc(S(=O)(=O)N2CCN(C(=O)c3cn[nH]c3-c3ccc(Cl)cc3)CC2)cc1OC. The summed E-state index contributed by atoms with van der Waals surface area (Å²) in [5.41, 5.74) is 1.81. The van der Waals surface area contributed by atoms with Gasteiger partial charge in [-0.05, 0) is 24.3 Å². The molecule has 0 bridgehead atoms. The number of carbonyl (C=O) groups excluding carboxylic acids is 1. The lowest BCUT2D eigenvalue weighted by Gasteiger charge is -2.34. The van der Waals surface area contributed by atoms with Gasteiger partial charge in [-0.3, -0.25) is 9.89 Å². The van der Waals surface area contributed by atoms with Crippen LogP contribution in [0.2, 0.25) is 5.02 Å². The summed E-state index contributed by atoms with van der Waals surface area (Å²) in [6.07, 6.45) is 1.49. The number of halogens is 1. The molecule has 1 fully saturated rings. The molecule has 4 rings (SSSR count). The number of hydrogen-bond acceptors (Lipinski definition) is 6. The first-order valence-corrected chi connectivity index (χ1v) is 12.0. The highest BCUT2D eigenvalue weighted by molar-refractivity contribution is 7.89. The predicted octanol–water partition coefficient (Wildman–Crippen LogP) is 2.89. The Morgan fingerprint density at radius 3 is 2.30 bits per heavy atom. The number of benzene rings is 2. The van der Waals surface area contributed by atoms with Gasteiger partial charge in [0.2, 0.25) is 10.0 Å². The number of H-pyrrole nitrogens is 1. The van der Waals surface area contributed by atoms with Crippen LogP contribution in [0.15, 0.2) is 53.6 Å². The standard InChI is InChI=1S/C22H23ClN4O5S/c1-31-19-8-7-17(13-20(19)32-2)33(29,30)27-11-9-26(10-12-27)22(28)18-14-24-25-21(18)15-3-5-16(23)6-4-15/h3-8,13-14H,9-12H2,1-2H3,(H,24,25). The van der Waals surface area contributed by atoms with Gasteiger partial charge in [0.15, 0.2) is 11.5 Å². The van der Waals surface area contributed by atoms with Crippen molar-refractivity contribution < 1.29 is 22.7 Å². The van der Waals surface area contributed by atoms with Crippen molar-refractivity contribution >= 4 is 27.5 Å². The van der Waals surface area contributed by atoms with Crippen LogP contribution in [0.5, 0.6) is 11.5 Å². The normalized spacial score (nSPS) is 14.8. The molecule has 3 aromatic rings. The summed E-state index contributed by atoms with van der Waals surface area (Å²) in [7, 11) is -0.811. The number of aromatic amines is 1. The second-order valence-electron chi connectivity index (χ2n) is 7.38. The maximum Gasteiger partial charge on any atom is 0.257 e. The second-order valence-corrected chi connectivity index (χ2v) is 9.75. The quantitative estimate of drug-likeness (QED) is 0.569. The first kappa shape index (κ1) is 23.1. The molecule has 2 aromatic carbocycles. The van der Waals surface area contributed by atoms with E-state index in [9.17, 15) is 13.2 Å².